The van der Waals surface area contributed by atoms with E-state index < -0.39 is 42.1 Å². The van der Waals surface area contributed by atoms with Crippen LogP contribution < -0.4 is 10.1 Å². The molecule has 5 rings (SSSR count). The van der Waals surface area contributed by atoms with E-state index >= 15 is 0 Å². The average molecular weight is 536 g/mol. The fraction of sp³-hybridized carbons (Fsp3) is 0.292. The summed E-state index contributed by atoms with van der Waals surface area (Å²) in [7, 11) is 1.32. The van der Waals surface area contributed by atoms with Crippen molar-refractivity contribution in [3.8, 4) is 17.4 Å². The number of amides is 1. The van der Waals surface area contributed by atoms with E-state index in [4.69, 9.17) is 4.74 Å². The number of alkyl halides is 5. The fourth-order valence-corrected chi connectivity index (χ4v) is 4.34. The Morgan fingerprint density at radius 3 is 2.45 bits per heavy atom. The number of anilines is 1. The van der Waals surface area contributed by atoms with E-state index in [-0.39, 0.29) is 40.1 Å². The maximum atomic E-state index is 13.6. The highest BCUT2D eigenvalue weighted by atomic mass is 19.4. The van der Waals surface area contributed by atoms with Crippen molar-refractivity contribution in [3.05, 3.63) is 65.5 Å². The summed E-state index contributed by atoms with van der Waals surface area (Å²) in [6, 6.07) is 5.33. The number of fused-ring (bicyclic) bond motifs is 2. The van der Waals surface area contributed by atoms with Gasteiger partial charge in [-0.05, 0) is 31.0 Å². The highest BCUT2D eigenvalue weighted by Gasteiger charge is 2.56. The molecule has 0 spiro atoms. The number of hydrogen-bond acceptors (Lipinski definition) is 6. The van der Waals surface area contributed by atoms with Gasteiger partial charge in [-0.1, -0.05) is 12.1 Å². The van der Waals surface area contributed by atoms with Gasteiger partial charge in [0.25, 0.3) is 0 Å². The lowest BCUT2D eigenvalue weighted by molar-refractivity contribution is -0.284. The van der Waals surface area contributed by atoms with Crippen LogP contribution in [0.5, 0.6) is 5.88 Å². The summed E-state index contributed by atoms with van der Waals surface area (Å²) in [5.41, 5.74) is -0.601. The Morgan fingerprint density at radius 1 is 1.08 bits per heavy atom. The number of halogens is 6. The van der Waals surface area contributed by atoms with Crippen LogP contribution in [-0.4, -0.2) is 49.5 Å². The van der Waals surface area contributed by atoms with Crippen molar-refractivity contribution in [3.63, 3.8) is 0 Å². The van der Waals surface area contributed by atoms with Crippen molar-refractivity contribution < 1.29 is 35.9 Å². The van der Waals surface area contributed by atoms with Gasteiger partial charge in [-0.2, -0.15) is 26.9 Å². The van der Waals surface area contributed by atoms with Crippen LogP contribution in [0.4, 0.5) is 32.2 Å². The van der Waals surface area contributed by atoms with Gasteiger partial charge < -0.3 is 14.5 Å². The Balaban J connectivity index is 1.59. The lowest BCUT2D eigenvalue weighted by atomic mass is 9.78. The number of aromatic nitrogens is 5. The molecule has 0 fully saturated rings. The number of ether oxygens (including phenoxy) is 1. The fourth-order valence-electron chi connectivity index (χ4n) is 4.34. The molecule has 1 aliphatic rings. The summed E-state index contributed by atoms with van der Waals surface area (Å²) in [4.78, 5) is 30.1. The van der Waals surface area contributed by atoms with E-state index in [0.717, 1.165) is 0 Å². The molecule has 1 atom stereocenters. The number of methoxy groups -OCH3 is 1. The maximum absolute atomic E-state index is 13.6. The summed E-state index contributed by atoms with van der Waals surface area (Å²) < 4.78 is 85.7. The van der Waals surface area contributed by atoms with Crippen LogP contribution in [0.1, 0.15) is 30.2 Å². The zero-order chi connectivity index (χ0) is 27.5. The van der Waals surface area contributed by atoms with Crippen LogP contribution >= 0.6 is 0 Å². The minimum Gasteiger partial charge on any atom is -0.481 e. The van der Waals surface area contributed by atoms with Crippen LogP contribution in [0, 0.1) is 5.82 Å². The van der Waals surface area contributed by atoms with Gasteiger partial charge >= 0.3 is 12.1 Å². The van der Waals surface area contributed by atoms with Gasteiger partial charge in [-0.3, -0.25) is 4.79 Å². The molecule has 0 radical (unpaired) electrons. The van der Waals surface area contributed by atoms with E-state index in [0.29, 0.717) is 5.56 Å². The number of carbonyl (C=O) groups is 1. The Labute approximate surface area is 210 Å². The van der Waals surface area contributed by atoms with Crippen LogP contribution in [0.2, 0.25) is 0 Å². The lowest BCUT2D eigenvalue weighted by Crippen LogP contribution is -2.36. The third-order valence-electron chi connectivity index (χ3n) is 6.44. The molecule has 38 heavy (non-hydrogen) atoms. The summed E-state index contributed by atoms with van der Waals surface area (Å²) in [6.45, 7) is 1.60. The minimum atomic E-state index is -5.71. The summed E-state index contributed by atoms with van der Waals surface area (Å²) in [5, 5.41) is 2.66. The topological polar surface area (TPSA) is 94.3 Å². The van der Waals surface area contributed by atoms with Gasteiger partial charge in [0.1, 0.15) is 22.7 Å². The average Bonchev–Trinajstić information content (AvgIpc) is 3.44. The molecule has 8 nitrogen and oxygen atoms in total. The van der Waals surface area contributed by atoms with Gasteiger partial charge in [0, 0.05) is 25.0 Å². The van der Waals surface area contributed by atoms with Gasteiger partial charge in [-0.15, -0.1) is 0 Å². The molecule has 3 aromatic heterocycles. The molecule has 1 amide bonds. The number of carbonyl (C=O) groups excluding carboxylic acids is 1. The minimum absolute atomic E-state index is 0.00661. The number of nitrogens with one attached hydrogen (secondary N) is 1. The summed E-state index contributed by atoms with van der Waals surface area (Å²) in [5.74, 6) is -5.88. The largest absolute Gasteiger partial charge is 0.481 e. The Morgan fingerprint density at radius 2 is 1.79 bits per heavy atom. The molecular weight excluding hydrogens is 518 g/mol. The number of rotatable bonds is 6. The second-order valence-corrected chi connectivity index (χ2v) is 8.80. The Kier molecular flexibility index (Phi) is 5.80. The van der Waals surface area contributed by atoms with Crippen LogP contribution in [-0.2, 0) is 16.6 Å². The predicted molar refractivity (Wildman–Crippen MR) is 121 cm³/mol. The first-order valence-electron chi connectivity index (χ1n) is 11.2. The van der Waals surface area contributed by atoms with E-state index in [2.05, 4.69) is 25.3 Å². The highest BCUT2D eigenvalue weighted by Crippen LogP contribution is 2.46. The van der Waals surface area contributed by atoms with Crippen molar-refractivity contribution in [1.82, 2.24) is 24.3 Å². The van der Waals surface area contributed by atoms with Crippen molar-refractivity contribution in [2.24, 2.45) is 0 Å². The molecule has 0 saturated heterocycles. The number of nitrogens with zero attached hydrogens (tertiary/aromatic N) is 5. The maximum Gasteiger partial charge on any atom is 0.453 e. The van der Waals surface area contributed by atoms with Crippen molar-refractivity contribution in [2.45, 2.75) is 37.3 Å². The van der Waals surface area contributed by atoms with E-state index in [1.165, 1.54) is 54.4 Å². The predicted octanol–water partition coefficient (Wildman–Crippen LogP) is 4.72. The summed E-state index contributed by atoms with van der Waals surface area (Å²) >= 11 is 0. The summed E-state index contributed by atoms with van der Waals surface area (Å²) in [6.07, 6.45) is -3.75. The molecule has 198 valence electrons. The number of hydrogen-bond donors (Lipinski definition) is 1. The van der Waals surface area contributed by atoms with Crippen LogP contribution in [0.15, 0.2) is 42.9 Å². The van der Waals surface area contributed by atoms with Gasteiger partial charge in [0.05, 0.1) is 18.4 Å². The normalized spacial score (nSPS) is 17.5. The number of aryl methyl sites for hydroxylation is 1. The smallest absolute Gasteiger partial charge is 0.453 e. The van der Waals surface area contributed by atoms with Crippen LogP contribution in [0.25, 0.3) is 17.2 Å². The quantitative estimate of drug-likeness (QED) is 0.359. The molecule has 1 N–H and O–H groups in total. The first-order valence-corrected chi connectivity index (χ1v) is 11.2. The molecule has 0 saturated carbocycles. The van der Waals surface area contributed by atoms with E-state index in [9.17, 15) is 31.1 Å². The molecule has 1 aliphatic heterocycles. The second kappa shape index (κ2) is 8.67. The third-order valence-corrected chi connectivity index (χ3v) is 6.44. The van der Waals surface area contributed by atoms with Crippen molar-refractivity contribution in [1.29, 1.82) is 0 Å². The molecule has 1 aromatic carbocycles. The monoisotopic (exact) mass is 536 g/mol. The zero-order valence-electron chi connectivity index (χ0n) is 19.8. The third kappa shape index (κ3) is 4.00. The van der Waals surface area contributed by atoms with Crippen molar-refractivity contribution >= 4 is 17.4 Å². The van der Waals surface area contributed by atoms with Crippen LogP contribution in [0.3, 0.4) is 0 Å². The van der Waals surface area contributed by atoms with Gasteiger partial charge in [0.2, 0.25) is 11.8 Å². The second-order valence-electron chi connectivity index (χ2n) is 8.80. The van der Waals surface area contributed by atoms with Gasteiger partial charge in [0.15, 0.2) is 11.5 Å². The molecule has 0 bridgehead atoms. The number of imidazole rings is 1. The Bertz CT molecular complexity index is 1550. The molecule has 4 heterocycles. The first kappa shape index (κ1) is 25.4. The van der Waals surface area contributed by atoms with E-state index in [1.807, 2.05) is 0 Å². The van der Waals surface area contributed by atoms with Gasteiger partial charge in [-0.25, -0.2) is 19.3 Å². The molecular formula is C24H18F6N6O2. The highest BCUT2D eigenvalue weighted by molar-refractivity contribution is 6.08. The lowest BCUT2D eigenvalue weighted by Gasteiger charge is -2.23. The Hall–Kier alpha value is -4.23. The SMILES string of the molecule is COc1nc(-c2cn3ccnc3c(CCC(F)(F)C(F)(F)F)n2)nc2c1C(C)(c1ccc(F)cc1)C(=O)N2. The zero-order valence-corrected chi connectivity index (χ0v) is 19.8. The number of benzene rings is 1. The molecule has 14 heteroatoms. The standard InChI is InChI=1S/C24H18F6N6O2/c1-22(12-3-5-13(25)6-4-12)16-18(35-21(22)37)33-17(34-20(16)38-2)15-11-36-10-9-31-19(36)14(32-15)7-8-23(26,27)24(28,29)30/h3-6,9-11H,7-8H2,1-2H3,(H,33,34,35,37). The van der Waals surface area contributed by atoms with E-state index in [1.54, 1.807) is 6.92 Å². The molecule has 1 unspecified atom stereocenters. The molecule has 0 aliphatic carbocycles. The first-order chi connectivity index (χ1) is 17.8. The van der Waals surface area contributed by atoms with Crippen molar-refractivity contribution in [2.75, 3.05) is 12.4 Å². The molecule has 4 aromatic rings.